The Morgan fingerprint density at radius 3 is 2.28 bits per heavy atom. The first-order valence-electron chi connectivity index (χ1n) is 15.4. The summed E-state index contributed by atoms with van der Waals surface area (Å²) >= 11 is 0. The second kappa shape index (κ2) is 11.9. The number of carbonyl (C=O) groups is 3. The number of nitrogens with zero attached hydrogens (tertiary/aromatic N) is 2. The van der Waals surface area contributed by atoms with E-state index in [-0.39, 0.29) is 34.8 Å². The lowest BCUT2D eigenvalue weighted by molar-refractivity contribution is -0.140. The van der Waals surface area contributed by atoms with Gasteiger partial charge in [0, 0.05) is 44.2 Å². The second-order valence-electron chi connectivity index (χ2n) is 14.5. The van der Waals surface area contributed by atoms with Gasteiger partial charge in [-0.1, -0.05) is 39.0 Å². The number of benzene rings is 1. The predicted octanol–water partition coefficient (Wildman–Crippen LogP) is 3.53. The Balaban J connectivity index is 1.53. The SMILES string of the molecule is Cc1ccccc1N1CCN(C(=O)C2C3CC[C@@](C)(C2NC(=O)C(CCS(C)(=O)=O)NC(=O)OC(C)(C)C)C3(C)C)CC1. The highest BCUT2D eigenvalue weighted by Crippen LogP contribution is 2.67. The van der Waals surface area contributed by atoms with Crippen molar-refractivity contribution in [3.63, 3.8) is 0 Å². The van der Waals surface area contributed by atoms with Crippen molar-refractivity contribution in [2.45, 2.75) is 85.4 Å². The number of rotatable bonds is 8. The van der Waals surface area contributed by atoms with Gasteiger partial charge >= 0.3 is 6.09 Å². The van der Waals surface area contributed by atoms with E-state index in [0.717, 1.165) is 32.2 Å². The van der Waals surface area contributed by atoms with Crippen molar-refractivity contribution < 1.29 is 27.5 Å². The summed E-state index contributed by atoms with van der Waals surface area (Å²) < 4.78 is 29.3. The summed E-state index contributed by atoms with van der Waals surface area (Å²) in [5.41, 5.74) is 1.06. The van der Waals surface area contributed by atoms with E-state index < -0.39 is 45.4 Å². The Morgan fingerprint density at radius 1 is 1.07 bits per heavy atom. The molecule has 3 aliphatic rings. The molecule has 2 N–H and O–H groups in total. The number of anilines is 1. The van der Waals surface area contributed by atoms with Crippen LogP contribution in [0, 0.1) is 29.6 Å². The zero-order valence-electron chi connectivity index (χ0n) is 27.0. The van der Waals surface area contributed by atoms with E-state index in [9.17, 15) is 22.8 Å². The lowest BCUT2D eigenvalue weighted by atomic mass is 9.69. The molecule has 0 radical (unpaired) electrons. The number of hydrogen-bond donors (Lipinski definition) is 2. The van der Waals surface area contributed by atoms with Gasteiger partial charge in [-0.05, 0) is 75.3 Å². The van der Waals surface area contributed by atoms with E-state index >= 15 is 0 Å². The maximum atomic E-state index is 14.3. The predicted molar refractivity (Wildman–Crippen MR) is 167 cm³/mol. The molecule has 1 aromatic rings. The van der Waals surface area contributed by atoms with Crippen molar-refractivity contribution in [2.24, 2.45) is 22.7 Å². The fourth-order valence-corrected chi connectivity index (χ4v) is 8.20. The highest BCUT2D eigenvalue weighted by molar-refractivity contribution is 7.90. The van der Waals surface area contributed by atoms with E-state index in [0.29, 0.717) is 13.1 Å². The molecule has 240 valence electrons. The normalized spacial score (nSPS) is 27.5. The van der Waals surface area contributed by atoms with Crippen LogP contribution in [0.1, 0.15) is 66.4 Å². The molecule has 1 saturated heterocycles. The topological polar surface area (TPSA) is 125 Å². The Kier molecular flexibility index (Phi) is 9.18. The van der Waals surface area contributed by atoms with Crippen LogP contribution in [0.4, 0.5) is 10.5 Å². The van der Waals surface area contributed by atoms with Gasteiger partial charge in [0.15, 0.2) is 0 Å². The van der Waals surface area contributed by atoms with Crippen LogP contribution in [0.25, 0.3) is 0 Å². The van der Waals surface area contributed by atoms with Crippen molar-refractivity contribution in [2.75, 3.05) is 43.1 Å². The summed E-state index contributed by atoms with van der Waals surface area (Å²) in [4.78, 5) is 45.0. The second-order valence-corrected chi connectivity index (χ2v) is 16.8. The largest absolute Gasteiger partial charge is 0.444 e. The summed E-state index contributed by atoms with van der Waals surface area (Å²) in [5, 5.41) is 5.75. The highest BCUT2D eigenvalue weighted by atomic mass is 32.2. The first kappa shape index (κ1) is 33.1. The molecule has 3 fully saturated rings. The number of alkyl carbamates (subject to hydrolysis) is 1. The minimum atomic E-state index is -3.39. The molecule has 1 aromatic carbocycles. The van der Waals surface area contributed by atoms with Gasteiger partial charge in [-0.15, -0.1) is 0 Å². The third-order valence-electron chi connectivity index (χ3n) is 10.3. The molecule has 1 aliphatic heterocycles. The molecule has 0 spiro atoms. The minimum absolute atomic E-state index is 0.0593. The molecule has 0 aromatic heterocycles. The zero-order valence-corrected chi connectivity index (χ0v) is 27.8. The molecule has 43 heavy (non-hydrogen) atoms. The van der Waals surface area contributed by atoms with Gasteiger partial charge in [0.05, 0.1) is 11.7 Å². The quantitative estimate of drug-likeness (QED) is 0.457. The number of nitrogens with one attached hydrogen (secondary N) is 2. The highest BCUT2D eigenvalue weighted by Gasteiger charge is 2.68. The number of ether oxygens (including phenoxy) is 1. The maximum absolute atomic E-state index is 14.3. The van der Waals surface area contributed by atoms with Gasteiger partial charge in [0.25, 0.3) is 0 Å². The molecule has 3 amide bonds. The number of hydrogen-bond acceptors (Lipinski definition) is 7. The molecule has 4 rings (SSSR count). The molecule has 2 bridgehead atoms. The number of para-hydroxylation sites is 1. The van der Waals surface area contributed by atoms with Crippen LogP contribution in [-0.4, -0.2) is 87.1 Å². The van der Waals surface area contributed by atoms with Crippen LogP contribution >= 0.6 is 0 Å². The smallest absolute Gasteiger partial charge is 0.408 e. The molecule has 1 heterocycles. The van der Waals surface area contributed by atoms with Gasteiger partial charge in [-0.2, -0.15) is 0 Å². The van der Waals surface area contributed by atoms with E-state index in [1.807, 2.05) is 17.0 Å². The monoisotopic (exact) mass is 618 g/mol. The van der Waals surface area contributed by atoms with Gasteiger partial charge < -0.3 is 25.2 Å². The molecule has 11 heteroatoms. The summed E-state index contributed by atoms with van der Waals surface area (Å²) in [6, 6.07) is 6.70. The number of fused-ring (bicyclic) bond motifs is 2. The number of carbonyl (C=O) groups excluding carboxylic acids is 3. The van der Waals surface area contributed by atoms with Crippen molar-refractivity contribution in [3.05, 3.63) is 29.8 Å². The van der Waals surface area contributed by atoms with Gasteiger partial charge in [0.1, 0.15) is 21.5 Å². The summed E-state index contributed by atoms with van der Waals surface area (Å²) in [6.07, 6.45) is 1.99. The van der Waals surface area contributed by atoms with Gasteiger partial charge in [-0.3, -0.25) is 9.59 Å². The fraction of sp³-hybridized carbons (Fsp3) is 0.719. The Labute approximate surface area is 257 Å². The van der Waals surface area contributed by atoms with Crippen LogP contribution in [0.15, 0.2) is 24.3 Å². The molecule has 5 atom stereocenters. The van der Waals surface area contributed by atoms with Crippen molar-refractivity contribution >= 4 is 33.4 Å². The van der Waals surface area contributed by atoms with Crippen LogP contribution in [0.5, 0.6) is 0 Å². The number of sulfone groups is 1. The summed E-state index contributed by atoms with van der Waals surface area (Å²) in [6.45, 7) is 16.4. The number of piperazine rings is 1. The lowest BCUT2D eigenvalue weighted by Crippen LogP contribution is -2.59. The van der Waals surface area contributed by atoms with Gasteiger partial charge in [-0.25, -0.2) is 13.2 Å². The van der Waals surface area contributed by atoms with E-state index in [4.69, 9.17) is 4.74 Å². The molecular formula is C32H50N4O6S. The Morgan fingerprint density at radius 2 is 1.70 bits per heavy atom. The average molecular weight is 619 g/mol. The van der Waals surface area contributed by atoms with Gasteiger partial charge in [0.2, 0.25) is 11.8 Å². The fourth-order valence-electron chi connectivity index (χ4n) is 7.54. The third kappa shape index (κ3) is 6.97. The van der Waals surface area contributed by atoms with Crippen molar-refractivity contribution in [1.29, 1.82) is 0 Å². The summed E-state index contributed by atoms with van der Waals surface area (Å²) in [5.74, 6) is -1.02. The first-order valence-corrected chi connectivity index (χ1v) is 17.5. The molecule has 10 nitrogen and oxygen atoms in total. The molecular weight excluding hydrogens is 568 g/mol. The zero-order chi connectivity index (χ0) is 32.0. The van der Waals surface area contributed by atoms with Crippen molar-refractivity contribution in [3.8, 4) is 0 Å². The van der Waals surface area contributed by atoms with Crippen LogP contribution in [0.3, 0.4) is 0 Å². The van der Waals surface area contributed by atoms with E-state index in [2.05, 4.69) is 55.4 Å². The standard InChI is InChI=1S/C32H50N4O6S/c1-21-11-9-10-12-24(21)35-16-18-36(19-17-35)28(38)25-22-13-15-32(7,31(22,5)6)26(25)34-27(37)23(14-20-43(8,40)41)33-29(39)42-30(2,3)4/h9-12,22-23,25-26H,13-20H2,1-8H3,(H,33,39)(H,34,37)/t22?,23?,25?,26?,32-/m0/s1. The third-order valence-corrected chi connectivity index (χ3v) is 11.2. The Bertz CT molecular complexity index is 1330. The average Bonchev–Trinajstić information content (AvgIpc) is 3.22. The van der Waals surface area contributed by atoms with E-state index in [1.165, 1.54) is 11.3 Å². The molecule has 4 unspecified atom stereocenters. The van der Waals surface area contributed by atoms with Crippen molar-refractivity contribution in [1.82, 2.24) is 15.5 Å². The van der Waals surface area contributed by atoms with Crippen LogP contribution in [-0.2, 0) is 24.2 Å². The molecule has 2 saturated carbocycles. The minimum Gasteiger partial charge on any atom is -0.444 e. The Hall–Kier alpha value is -2.82. The maximum Gasteiger partial charge on any atom is 0.408 e. The van der Waals surface area contributed by atoms with Crippen LogP contribution in [0.2, 0.25) is 0 Å². The molecule has 2 aliphatic carbocycles. The number of aryl methyl sites for hydroxylation is 1. The first-order chi connectivity index (χ1) is 19.8. The lowest BCUT2D eigenvalue weighted by Gasteiger charge is -2.43. The number of amides is 3. The van der Waals surface area contributed by atoms with E-state index in [1.54, 1.807) is 20.8 Å². The van der Waals surface area contributed by atoms with Crippen LogP contribution < -0.4 is 15.5 Å². The summed E-state index contributed by atoms with van der Waals surface area (Å²) in [7, 11) is -3.39.